The molecule has 196 valence electrons. The number of halogens is 1. The number of nitrogens with zero attached hydrogens (tertiary/aromatic N) is 3. The largest absolute Gasteiger partial charge is 0.367 e. The number of nitrogens with one attached hydrogen (secondary N) is 2. The predicted molar refractivity (Wildman–Crippen MR) is 141 cm³/mol. The average Bonchev–Trinajstić information content (AvgIpc) is 3.39. The van der Waals surface area contributed by atoms with E-state index in [1.807, 2.05) is 11.0 Å². The van der Waals surface area contributed by atoms with Crippen molar-refractivity contribution in [2.45, 2.75) is 10.9 Å². The summed E-state index contributed by atoms with van der Waals surface area (Å²) in [6, 6.07) is 16.9. The van der Waals surface area contributed by atoms with Crippen LogP contribution in [-0.2, 0) is 14.6 Å². The Morgan fingerprint density at radius 2 is 1.74 bits per heavy atom. The highest BCUT2D eigenvalue weighted by atomic mass is 32.2. The van der Waals surface area contributed by atoms with E-state index in [2.05, 4.69) is 15.5 Å². The summed E-state index contributed by atoms with van der Waals surface area (Å²) in [5.74, 6) is -1.29. The van der Waals surface area contributed by atoms with Crippen molar-refractivity contribution in [2.75, 3.05) is 37.3 Å². The van der Waals surface area contributed by atoms with E-state index in [-0.39, 0.29) is 10.8 Å². The van der Waals surface area contributed by atoms with Crippen molar-refractivity contribution in [2.24, 2.45) is 0 Å². The van der Waals surface area contributed by atoms with Crippen LogP contribution in [0.25, 0.3) is 10.9 Å². The number of benzene rings is 3. The molecule has 2 amide bonds. The van der Waals surface area contributed by atoms with Gasteiger partial charge in [0.2, 0.25) is 5.91 Å². The third-order valence-corrected chi connectivity index (χ3v) is 7.74. The van der Waals surface area contributed by atoms with E-state index in [4.69, 9.17) is 0 Å². The lowest BCUT2D eigenvalue weighted by molar-refractivity contribution is -0.133. The zero-order valence-corrected chi connectivity index (χ0v) is 21.4. The number of aromatic nitrogens is 2. The van der Waals surface area contributed by atoms with Crippen molar-refractivity contribution < 1.29 is 22.4 Å². The van der Waals surface area contributed by atoms with Gasteiger partial charge in [-0.2, -0.15) is 5.10 Å². The average molecular weight is 536 g/mol. The van der Waals surface area contributed by atoms with E-state index in [0.29, 0.717) is 48.5 Å². The van der Waals surface area contributed by atoms with Crippen molar-refractivity contribution in [3.05, 3.63) is 89.9 Å². The molecule has 2 N–H and O–H groups in total. The van der Waals surface area contributed by atoms with Crippen molar-refractivity contribution in [3.63, 3.8) is 0 Å². The topological polar surface area (TPSA) is 115 Å². The van der Waals surface area contributed by atoms with Crippen LogP contribution >= 0.6 is 0 Å². The zero-order valence-electron chi connectivity index (χ0n) is 20.6. The minimum absolute atomic E-state index is 0.0825. The molecule has 38 heavy (non-hydrogen) atoms. The van der Waals surface area contributed by atoms with Crippen LogP contribution < -0.4 is 10.2 Å². The maximum Gasteiger partial charge on any atom is 0.252 e. The number of carbonyl (C=O) groups excluding carboxylic acids is 2. The van der Waals surface area contributed by atoms with Crippen LogP contribution in [0.3, 0.4) is 0 Å². The van der Waals surface area contributed by atoms with E-state index in [9.17, 15) is 22.4 Å². The van der Waals surface area contributed by atoms with Gasteiger partial charge in [0.25, 0.3) is 5.91 Å². The van der Waals surface area contributed by atoms with Crippen LogP contribution in [0.2, 0.25) is 0 Å². The minimum atomic E-state index is -3.65. The number of H-pyrrole nitrogens is 1. The summed E-state index contributed by atoms with van der Waals surface area (Å²) in [6.45, 7) is 1.31. The van der Waals surface area contributed by atoms with E-state index < -0.39 is 27.6 Å². The van der Waals surface area contributed by atoms with Gasteiger partial charge in [-0.15, -0.1) is 0 Å². The lowest BCUT2D eigenvalue weighted by Crippen LogP contribution is -2.52. The second-order valence-electron chi connectivity index (χ2n) is 9.19. The number of aromatic amines is 1. The summed E-state index contributed by atoms with van der Waals surface area (Å²) in [4.78, 5) is 30.2. The lowest BCUT2D eigenvalue weighted by atomic mass is 10.0. The molecule has 0 aliphatic carbocycles. The predicted octanol–water partition coefficient (Wildman–Crippen LogP) is 2.93. The van der Waals surface area contributed by atoms with Gasteiger partial charge in [0.05, 0.1) is 22.3 Å². The Morgan fingerprint density at radius 3 is 2.45 bits per heavy atom. The molecule has 1 saturated heterocycles. The van der Waals surface area contributed by atoms with Crippen LogP contribution in [0.5, 0.6) is 0 Å². The van der Waals surface area contributed by atoms with Crippen molar-refractivity contribution in [1.82, 2.24) is 20.4 Å². The van der Waals surface area contributed by atoms with Crippen molar-refractivity contribution >= 4 is 38.2 Å². The fourth-order valence-corrected chi connectivity index (χ4v) is 5.53. The van der Waals surface area contributed by atoms with Gasteiger partial charge in [0.15, 0.2) is 9.84 Å². The highest BCUT2D eigenvalue weighted by Crippen LogP contribution is 2.28. The van der Waals surface area contributed by atoms with E-state index >= 15 is 0 Å². The number of amides is 2. The van der Waals surface area contributed by atoms with Crippen LogP contribution in [0.15, 0.2) is 77.8 Å². The Morgan fingerprint density at radius 1 is 1.00 bits per heavy atom. The number of piperazine rings is 1. The van der Waals surface area contributed by atoms with Gasteiger partial charge in [-0.05, 0) is 35.9 Å². The molecule has 1 aromatic heterocycles. The molecule has 1 aliphatic heterocycles. The number of sulfone groups is 1. The number of anilines is 1. The second-order valence-corrected chi connectivity index (χ2v) is 11.2. The van der Waals surface area contributed by atoms with Gasteiger partial charge in [-0.1, -0.05) is 36.4 Å². The molecular formula is C27H26FN5O4S. The molecule has 9 nitrogen and oxygen atoms in total. The standard InChI is InChI=1S/C27H26FN5O4S/c1-38(36,37)24-16-21(28)9-10-23(24)32-11-13-33(14-12-32)27(35)25(18-5-3-2-4-6-18)30-26(34)19-7-8-20-17-29-31-22(20)15-19/h2-10,15-17,25H,11-14H2,1H3,(H,29,31)(H,30,34)/t25-/m1/s1. The first kappa shape index (κ1) is 25.4. The molecule has 5 rings (SSSR count). The molecule has 0 bridgehead atoms. The van der Waals surface area contributed by atoms with Crippen LogP contribution in [-0.4, -0.2) is 67.8 Å². The Kier molecular flexibility index (Phi) is 6.85. The SMILES string of the molecule is CS(=O)(=O)c1cc(F)ccc1N1CCN(C(=O)[C@H](NC(=O)c2ccc3cn[nH]c3c2)c2ccccc2)CC1. The summed E-state index contributed by atoms with van der Waals surface area (Å²) in [7, 11) is -3.65. The number of hydrogen-bond donors (Lipinski definition) is 2. The zero-order chi connectivity index (χ0) is 26.9. The number of rotatable bonds is 6. The number of carbonyl (C=O) groups is 2. The fourth-order valence-electron chi connectivity index (χ4n) is 4.62. The molecule has 0 unspecified atom stereocenters. The maximum atomic E-state index is 13.8. The van der Waals surface area contributed by atoms with Crippen molar-refractivity contribution in [3.8, 4) is 0 Å². The Balaban J connectivity index is 1.34. The van der Waals surface area contributed by atoms with Gasteiger partial charge >= 0.3 is 0 Å². The first-order valence-electron chi connectivity index (χ1n) is 12.0. The molecule has 0 radical (unpaired) electrons. The fraction of sp³-hybridized carbons (Fsp3) is 0.222. The summed E-state index contributed by atoms with van der Waals surface area (Å²) < 4.78 is 38.3. The summed E-state index contributed by atoms with van der Waals surface area (Å²) in [5, 5.41) is 10.6. The first-order valence-corrected chi connectivity index (χ1v) is 13.9. The van der Waals surface area contributed by atoms with E-state index in [1.165, 1.54) is 12.1 Å². The summed E-state index contributed by atoms with van der Waals surface area (Å²) >= 11 is 0. The number of hydrogen-bond acceptors (Lipinski definition) is 6. The number of fused-ring (bicyclic) bond motifs is 1. The van der Waals surface area contributed by atoms with Crippen LogP contribution in [0.1, 0.15) is 22.0 Å². The van der Waals surface area contributed by atoms with Gasteiger partial charge in [-0.25, -0.2) is 12.8 Å². The minimum Gasteiger partial charge on any atom is -0.367 e. The smallest absolute Gasteiger partial charge is 0.252 e. The maximum absolute atomic E-state index is 13.8. The quantitative estimate of drug-likeness (QED) is 0.392. The molecule has 1 atom stereocenters. The van der Waals surface area contributed by atoms with Gasteiger partial charge in [-0.3, -0.25) is 14.7 Å². The third kappa shape index (κ3) is 5.23. The second kappa shape index (κ2) is 10.3. The summed E-state index contributed by atoms with van der Waals surface area (Å²) in [6.07, 6.45) is 2.71. The van der Waals surface area contributed by atoms with Gasteiger partial charge in [0.1, 0.15) is 11.9 Å². The van der Waals surface area contributed by atoms with Gasteiger partial charge < -0.3 is 15.1 Å². The van der Waals surface area contributed by atoms with E-state index in [0.717, 1.165) is 17.7 Å². The van der Waals surface area contributed by atoms with E-state index in [1.54, 1.807) is 53.6 Å². The Bertz CT molecular complexity index is 1600. The normalized spacial score (nSPS) is 14.9. The first-order chi connectivity index (χ1) is 18.2. The third-order valence-electron chi connectivity index (χ3n) is 6.61. The monoisotopic (exact) mass is 535 g/mol. The van der Waals surface area contributed by atoms with Crippen LogP contribution in [0, 0.1) is 5.82 Å². The molecule has 0 saturated carbocycles. The summed E-state index contributed by atoms with van der Waals surface area (Å²) in [5.41, 5.74) is 2.16. The molecule has 2 heterocycles. The molecule has 1 aliphatic rings. The molecular weight excluding hydrogens is 509 g/mol. The van der Waals surface area contributed by atoms with Gasteiger partial charge in [0, 0.05) is 43.4 Å². The molecule has 1 fully saturated rings. The lowest BCUT2D eigenvalue weighted by Gasteiger charge is -2.38. The Hall–Kier alpha value is -4.25. The Labute approximate surface area is 219 Å². The highest BCUT2D eigenvalue weighted by molar-refractivity contribution is 7.90. The molecule has 3 aromatic carbocycles. The highest BCUT2D eigenvalue weighted by Gasteiger charge is 2.31. The van der Waals surface area contributed by atoms with Crippen LogP contribution in [0.4, 0.5) is 10.1 Å². The molecule has 4 aromatic rings. The molecule has 11 heteroatoms. The molecule has 0 spiro atoms. The van der Waals surface area contributed by atoms with Crippen molar-refractivity contribution in [1.29, 1.82) is 0 Å².